The van der Waals surface area contributed by atoms with E-state index in [9.17, 15) is 0 Å². The number of aryl methyl sites for hydroxylation is 1. The second-order valence-electron chi connectivity index (χ2n) is 6.53. The van der Waals surface area contributed by atoms with Crippen molar-refractivity contribution in [1.29, 1.82) is 0 Å². The number of benzene rings is 1. The third kappa shape index (κ3) is 2.16. The molecule has 21 heavy (non-hydrogen) atoms. The van der Waals surface area contributed by atoms with Gasteiger partial charge >= 0.3 is 0 Å². The van der Waals surface area contributed by atoms with Gasteiger partial charge in [-0.25, -0.2) is 0 Å². The van der Waals surface area contributed by atoms with E-state index < -0.39 is 0 Å². The first kappa shape index (κ1) is 14.1. The minimum absolute atomic E-state index is 0.259. The van der Waals surface area contributed by atoms with Crippen molar-refractivity contribution in [2.45, 2.75) is 42.1 Å². The summed E-state index contributed by atoms with van der Waals surface area (Å²) in [4.78, 5) is 0. The Kier molecular flexibility index (Phi) is 3.34. The lowest BCUT2D eigenvalue weighted by Gasteiger charge is -2.45. The van der Waals surface area contributed by atoms with Gasteiger partial charge in [0.05, 0.1) is 11.2 Å². The van der Waals surface area contributed by atoms with E-state index in [0.717, 1.165) is 5.75 Å². The van der Waals surface area contributed by atoms with Gasteiger partial charge < -0.3 is 4.74 Å². The number of hydrogen-bond acceptors (Lipinski definition) is 3. The number of thioether (sulfide) groups is 2. The van der Waals surface area contributed by atoms with Gasteiger partial charge in [0.2, 0.25) is 0 Å². The molecular formula is C18H22OS2. The smallest absolute Gasteiger partial charge is 0.119 e. The van der Waals surface area contributed by atoms with E-state index in [-0.39, 0.29) is 5.41 Å². The summed E-state index contributed by atoms with van der Waals surface area (Å²) < 4.78 is 5.81. The Balaban J connectivity index is 1.77. The standard InChI is InChI=1S/C18H22OS2/c1-17-7-8-18(20-9-10-21-18)12-14(17)4-3-13-11-15(19-2)5-6-16(13)17/h5-6,11-12H,3-4,7-10H2,1-2H3/t17-/m0/s1. The molecule has 3 aliphatic rings. The molecule has 0 amide bonds. The zero-order valence-corrected chi connectivity index (χ0v) is 14.4. The van der Waals surface area contributed by atoms with E-state index in [2.05, 4.69) is 54.7 Å². The predicted octanol–water partition coefficient (Wildman–Crippen LogP) is 4.80. The molecule has 3 heteroatoms. The highest BCUT2D eigenvalue weighted by molar-refractivity contribution is 8.21. The summed E-state index contributed by atoms with van der Waals surface area (Å²) in [7, 11) is 1.76. The first-order chi connectivity index (χ1) is 10.2. The Morgan fingerprint density at radius 3 is 2.67 bits per heavy atom. The molecular weight excluding hydrogens is 296 g/mol. The van der Waals surface area contributed by atoms with Crippen LogP contribution in [-0.4, -0.2) is 22.7 Å². The highest BCUT2D eigenvalue weighted by Crippen LogP contribution is 2.57. The third-order valence-corrected chi connectivity index (χ3v) is 8.83. The van der Waals surface area contributed by atoms with E-state index in [1.807, 2.05) is 0 Å². The Hall–Kier alpha value is -0.540. The molecule has 0 radical (unpaired) electrons. The predicted molar refractivity (Wildman–Crippen MR) is 93.6 cm³/mol. The fourth-order valence-corrected chi connectivity index (χ4v) is 7.28. The minimum Gasteiger partial charge on any atom is -0.497 e. The monoisotopic (exact) mass is 318 g/mol. The molecule has 1 atom stereocenters. The molecule has 1 spiro atoms. The van der Waals surface area contributed by atoms with E-state index in [1.54, 1.807) is 18.2 Å². The number of hydrogen-bond donors (Lipinski definition) is 0. The zero-order valence-electron chi connectivity index (χ0n) is 12.8. The Morgan fingerprint density at radius 2 is 1.90 bits per heavy atom. The van der Waals surface area contributed by atoms with Crippen LogP contribution in [0.1, 0.15) is 37.3 Å². The second kappa shape index (κ2) is 4.99. The summed E-state index contributed by atoms with van der Waals surface area (Å²) >= 11 is 4.35. The SMILES string of the molecule is COc1ccc2c(c1)CCC1=CC3(CC[C@@]12C)SCCS3. The maximum Gasteiger partial charge on any atom is 0.119 e. The van der Waals surface area contributed by atoms with E-state index in [1.165, 1.54) is 42.8 Å². The maximum atomic E-state index is 5.40. The van der Waals surface area contributed by atoms with Gasteiger partial charge in [0.1, 0.15) is 5.75 Å². The van der Waals surface area contributed by atoms with Crippen LogP contribution in [0.2, 0.25) is 0 Å². The fourth-order valence-electron chi connectivity index (χ4n) is 4.15. The van der Waals surface area contributed by atoms with Gasteiger partial charge in [-0.15, -0.1) is 23.5 Å². The first-order valence-electron chi connectivity index (χ1n) is 7.83. The molecule has 0 bridgehead atoms. The Labute approximate surface area is 135 Å². The Bertz CT molecular complexity index is 601. The summed E-state index contributed by atoms with van der Waals surface area (Å²) in [5.74, 6) is 3.64. The molecule has 0 aromatic heterocycles. The van der Waals surface area contributed by atoms with Crippen LogP contribution in [0.3, 0.4) is 0 Å². The van der Waals surface area contributed by atoms with Gasteiger partial charge in [0.15, 0.2) is 0 Å². The van der Waals surface area contributed by atoms with Crippen LogP contribution < -0.4 is 4.74 Å². The largest absolute Gasteiger partial charge is 0.497 e. The van der Waals surface area contributed by atoms with Gasteiger partial charge in [-0.05, 0) is 48.9 Å². The van der Waals surface area contributed by atoms with Crippen LogP contribution in [0.15, 0.2) is 29.8 Å². The summed E-state index contributed by atoms with van der Waals surface area (Å²) in [6.07, 6.45) is 7.64. The van der Waals surface area contributed by atoms with Gasteiger partial charge in [-0.3, -0.25) is 0 Å². The zero-order chi connectivity index (χ0) is 14.5. The lowest BCUT2D eigenvalue weighted by Crippen LogP contribution is -2.37. The molecule has 1 nitrogen and oxygen atoms in total. The van der Waals surface area contributed by atoms with Crippen molar-refractivity contribution >= 4 is 23.5 Å². The molecule has 0 saturated carbocycles. The molecule has 2 aliphatic carbocycles. The van der Waals surface area contributed by atoms with Crippen molar-refractivity contribution in [2.24, 2.45) is 0 Å². The number of allylic oxidation sites excluding steroid dienone is 1. The summed E-state index contributed by atoms with van der Waals surface area (Å²) in [5.41, 5.74) is 4.99. The van der Waals surface area contributed by atoms with Crippen LogP contribution in [0.5, 0.6) is 5.75 Å². The minimum atomic E-state index is 0.259. The van der Waals surface area contributed by atoms with E-state index in [4.69, 9.17) is 4.74 Å². The molecule has 4 rings (SSSR count). The molecule has 1 fully saturated rings. The van der Waals surface area contributed by atoms with Crippen molar-refractivity contribution < 1.29 is 4.74 Å². The fraction of sp³-hybridized carbons (Fsp3) is 0.556. The van der Waals surface area contributed by atoms with Crippen LogP contribution in [0.4, 0.5) is 0 Å². The molecule has 112 valence electrons. The van der Waals surface area contributed by atoms with E-state index in [0.29, 0.717) is 4.08 Å². The second-order valence-corrected chi connectivity index (χ2v) is 9.64. The average Bonchev–Trinajstić information content (AvgIpc) is 2.96. The number of rotatable bonds is 1. The van der Waals surface area contributed by atoms with Crippen molar-refractivity contribution in [3.05, 3.63) is 41.0 Å². The quantitative estimate of drug-likeness (QED) is 0.689. The lowest BCUT2D eigenvalue weighted by atomic mass is 9.63. The molecule has 1 aromatic rings. The van der Waals surface area contributed by atoms with Crippen molar-refractivity contribution in [3.8, 4) is 5.75 Å². The highest BCUT2D eigenvalue weighted by Gasteiger charge is 2.45. The summed E-state index contributed by atoms with van der Waals surface area (Å²) in [6.45, 7) is 2.46. The van der Waals surface area contributed by atoms with E-state index >= 15 is 0 Å². The molecule has 0 unspecified atom stereocenters. The number of ether oxygens (including phenoxy) is 1. The molecule has 1 heterocycles. The normalized spacial score (nSPS) is 29.7. The van der Waals surface area contributed by atoms with Crippen molar-refractivity contribution in [3.63, 3.8) is 0 Å². The van der Waals surface area contributed by atoms with Crippen LogP contribution in [0, 0.1) is 0 Å². The topological polar surface area (TPSA) is 9.23 Å². The summed E-state index contributed by atoms with van der Waals surface area (Å²) in [5, 5.41) is 0. The average molecular weight is 319 g/mol. The van der Waals surface area contributed by atoms with Gasteiger partial charge in [0.25, 0.3) is 0 Å². The molecule has 1 aromatic carbocycles. The van der Waals surface area contributed by atoms with Gasteiger partial charge in [-0.2, -0.15) is 0 Å². The Morgan fingerprint density at radius 1 is 1.10 bits per heavy atom. The highest BCUT2D eigenvalue weighted by atomic mass is 32.2. The van der Waals surface area contributed by atoms with Gasteiger partial charge in [-0.1, -0.05) is 24.6 Å². The third-order valence-electron chi connectivity index (χ3n) is 5.42. The lowest BCUT2D eigenvalue weighted by molar-refractivity contribution is 0.406. The number of methoxy groups -OCH3 is 1. The van der Waals surface area contributed by atoms with Crippen molar-refractivity contribution in [1.82, 2.24) is 0 Å². The van der Waals surface area contributed by atoms with Crippen LogP contribution >= 0.6 is 23.5 Å². The van der Waals surface area contributed by atoms with Crippen LogP contribution in [-0.2, 0) is 11.8 Å². The van der Waals surface area contributed by atoms with Crippen LogP contribution in [0.25, 0.3) is 0 Å². The molecule has 1 saturated heterocycles. The van der Waals surface area contributed by atoms with Crippen molar-refractivity contribution in [2.75, 3.05) is 18.6 Å². The maximum absolute atomic E-state index is 5.40. The first-order valence-corrected chi connectivity index (χ1v) is 9.80. The number of fused-ring (bicyclic) bond motifs is 3. The molecule has 0 N–H and O–H groups in total. The summed E-state index contributed by atoms with van der Waals surface area (Å²) in [6, 6.07) is 6.70. The van der Waals surface area contributed by atoms with Gasteiger partial charge in [0, 0.05) is 16.9 Å². The molecule has 1 aliphatic heterocycles.